The molecule has 0 saturated heterocycles. The molecular formula is C16H12FNO3. The Morgan fingerprint density at radius 3 is 2.67 bits per heavy atom. The molecule has 3 aromatic rings. The molecule has 0 aliphatic heterocycles. The molecule has 0 N–H and O–H groups in total. The summed E-state index contributed by atoms with van der Waals surface area (Å²) in [6.45, 7) is 1.99. The molecular weight excluding hydrogens is 273 g/mol. The van der Waals surface area contributed by atoms with E-state index >= 15 is 0 Å². The van der Waals surface area contributed by atoms with Gasteiger partial charge in [0.2, 0.25) is 0 Å². The maximum absolute atomic E-state index is 13.1. The predicted molar refractivity (Wildman–Crippen MR) is 77.0 cm³/mol. The molecule has 0 fully saturated rings. The Bertz CT molecular complexity index is 940. The molecule has 1 aromatic heterocycles. The number of hydrogen-bond acceptors (Lipinski definition) is 3. The normalized spacial score (nSPS) is 11.0. The first kappa shape index (κ1) is 13.3. The summed E-state index contributed by atoms with van der Waals surface area (Å²) >= 11 is 0. The molecule has 4 nitrogen and oxygen atoms in total. The number of nitrogens with zero attached hydrogens (tertiary/aromatic N) is 1. The van der Waals surface area contributed by atoms with Gasteiger partial charge in [-0.15, -0.1) is 0 Å². The zero-order valence-corrected chi connectivity index (χ0v) is 11.3. The molecule has 0 radical (unpaired) electrons. The zero-order valence-electron chi connectivity index (χ0n) is 11.3. The van der Waals surface area contributed by atoms with Gasteiger partial charge in [0.05, 0.1) is 17.4 Å². The second-order valence-electron chi connectivity index (χ2n) is 4.83. The monoisotopic (exact) mass is 285 g/mol. The number of rotatable bonds is 2. The van der Waals surface area contributed by atoms with E-state index < -0.39 is 11.4 Å². The smallest absolute Gasteiger partial charge is 0.372 e. The maximum Gasteiger partial charge on any atom is 0.422 e. The molecule has 0 saturated carbocycles. The van der Waals surface area contributed by atoms with E-state index in [2.05, 4.69) is 0 Å². The van der Waals surface area contributed by atoms with Crippen LogP contribution in [0.5, 0.6) is 0 Å². The van der Waals surface area contributed by atoms with Gasteiger partial charge in [0.1, 0.15) is 5.82 Å². The molecule has 0 atom stereocenters. The van der Waals surface area contributed by atoms with Crippen LogP contribution in [0.25, 0.3) is 10.9 Å². The van der Waals surface area contributed by atoms with Crippen molar-refractivity contribution in [3.05, 3.63) is 80.4 Å². The van der Waals surface area contributed by atoms with Gasteiger partial charge in [0.25, 0.3) is 0 Å². The van der Waals surface area contributed by atoms with Gasteiger partial charge < -0.3 is 4.42 Å². The van der Waals surface area contributed by atoms with E-state index in [0.29, 0.717) is 10.9 Å². The van der Waals surface area contributed by atoms with Crippen LogP contribution in [0.1, 0.15) is 11.1 Å². The van der Waals surface area contributed by atoms with E-state index in [0.717, 1.165) is 11.1 Å². The first-order valence-corrected chi connectivity index (χ1v) is 6.44. The fourth-order valence-electron chi connectivity index (χ4n) is 2.33. The van der Waals surface area contributed by atoms with Crippen LogP contribution in [0.4, 0.5) is 4.39 Å². The van der Waals surface area contributed by atoms with Crippen molar-refractivity contribution >= 4 is 10.9 Å². The summed E-state index contributed by atoms with van der Waals surface area (Å²) in [7, 11) is 0. The molecule has 1 heterocycles. The minimum absolute atomic E-state index is 0.217. The lowest BCUT2D eigenvalue weighted by molar-refractivity contribution is 0.424. The second kappa shape index (κ2) is 5.01. The number of benzene rings is 2. The Hall–Kier alpha value is -2.69. The first-order chi connectivity index (χ1) is 10.1. The van der Waals surface area contributed by atoms with E-state index in [4.69, 9.17) is 4.42 Å². The van der Waals surface area contributed by atoms with Crippen LogP contribution in [0, 0.1) is 12.7 Å². The Labute approximate surface area is 119 Å². The molecule has 21 heavy (non-hydrogen) atoms. The standard InChI is InChI=1S/C16H12FNO3/c1-10-8-12(17)7-6-11(10)9-18-14-5-3-2-4-13(14)15(19)21-16(18)20/h2-8H,9H2,1H3. The molecule has 0 aliphatic carbocycles. The lowest BCUT2D eigenvalue weighted by Gasteiger charge is -2.10. The average molecular weight is 285 g/mol. The summed E-state index contributed by atoms with van der Waals surface area (Å²) in [5, 5.41) is 0.344. The SMILES string of the molecule is Cc1cc(F)ccc1Cn1c(=O)oc(=O)c2ccccc21. The van der Waals surface area contributed by atoms with Gasteiger partial charge in [0.15, 0.2) is 0 Å². The number of para-hydroxylation sites is 1. The van der Waals surface area contributed by atoms with Gasteiger partial charge in [-0.1, -0.05) is 18.2 Å². The van der Waals surface area contributed by atoms with E-state index in [9.17, 15) is 14.0 Å². The summed E-state index contributed by atoms with van der Waals surface area (Å²) in [5.41, 5.74) is 1.37. The Kier molecular flexibility index (Phi) is 3.17. The number of hydrogen-bond donors (Lipinski definition) is 0. The quantitative estimate of drug-likeness (QED) is 0.726. The van der Waals surface area contributed by atoms with Crippen LogP contribution in [-0.2, 0) is 6.54 Å². The Balaban J connectivity index is 2.21. The number of fused-ring (bicyclic) bond motifs is 1. The fraction of sp³-hybridized carbons (Fsp3) is 0.125. The van der Waals surface area contributed by atoms with Crippen molar-refractivity contribution in [2.24, 2.45) is 0 Å². The van der Waals surface area contributed by atoms with Gasteiger partial charge in [-0.05, 0) is 42.3 Å². The van der Waals surface area contributed by atoms with Crippen molar-refractivity contribution in [3.63, 3.8) is 0 Å². The van der Waals surface area contributed by atoms with Crippen molar-refractivity contribution in [1.82, 2.24) is 4.57 Å². The van der Waals surface area contributed by atoms with Crippen LogP contribution in [-0.4, -0.2) is 4.57 Å². The van der Waals surface area contributed by atoms with Gasteiger partial charge in [-0.3, -0.25) is 4.57 Å². The second-order valence-corrected chi connectivity index (χ2v) is 4.83. The highest BCUT2D eigenvalue weighted by Gasteiger charge is 2.10. The van der Waals surface area contributed by atoms with Crippen molar-refractivity contribution in [2.75, 3.05) is 0 Å². The van der Waals surface area contributed by atoms with Gasteiger partial charge in [-0.2, -0.15) is 0 Å². The Morgan fingerprint density at radius 2 is 1.90 bits per heavy atom. The van der Waals surface area contributed by atoms with Gasteiger partial charge >= 0.3 is 11.4 Å². The molecule has 5 heteroatoms. The third kappa shape index (κ3) is 2.38. The van der Waals surface area contributed by atoms with Crippen LogP contribution in [0.15, 0.2) is 56.5 Å². The van der Waals surface area contributed by atoms with Crippen LogP contribution >= 0.6 is 0 Å². The van der Waals surface area contributed by atoms with Crippen LogP contribution in [0.3, 0.4) is 0 Å². The minimum Gasteiger partial charge on any atom is -0.372 e. The predicted octanol–water partition coefficient (Wildman–Crippen LogP) is 2.45. The Morgan fingerprint density at radius 1 is 1.14 bits per heavy atom. The molecule has 3 rings (SSSR count). The molecule has 106 valence electrons. The van der Waals surface area contributed by atoms with Crippen molar-refractivity contribution in [2.45, 2.75) is 13.5 Å². The van der Waals surface area contributed by atoms with Crippen molar-refractivity contribution < 1.29 is 8.81 Å². The molecule has 0 bridgehead atoms. The van der Waals surface area contributed by atoms with E-state index in [1.54, 1.807) is 37.3 Å². The van der Waals surface area contributed by atoms with Crippen molar-refractivity contribution in [1.29, 1.82) is 0 Å². The molecule has 0 aliphatic rings. The summed E-state index contributed by atoms with van der Waals surface area (Å²) in [4.78, 5) is 23.6. The summed E-state index contributed by atoms with van der Waals surface area (Å²) in [6.07, 6.45) is 0. The van der Waals surface area contributed by atoms with E-state index in [1.807, 2.05) is 0 Å². The molecule has 0 unspecified atom stereocenters. The lowest BCUT2D eigenvalue weighted by Crippen LogP contribution is -2.25. The lowest BCUT2D eigenvalue weighted by atomic mass is 10.1. The summed E-state index contributed by atoms with van der Waals surface area (Å²) < 4.78 is 19.3. The fourth-order valence-corrected chi connectivity index (χ4v) is 2.33. The summed E-state index contributed by atoms with van der Waals surface area (Å²) in [5.74, 6) is -1.05. The average Bonchev–Trinajstić information content (AvgIpc) is 2.45. The van der Waals surface area contributed by atoms with Crippen molar-refractivity contribution in [3.8, 4) is 0 Å². The number of aromatic nitrogens is 1. The third-order valence-electron chi connectivity index (χ3n) is 3.45. The number of aryl methyl sites for hydroxylation is 1. The molecule has 0 spiro atoms. The zero-order chi connectivity index (χ0) is 15.0. The van der Waals surface area contributed by atoms with Crippen LogP contribution in [0.2, 0.25) is 0 Å². The topological polar surface area (TPSA) is 52.2 Å². The maximum atomic E-state index is 13.1. The van der Waals surface area contributed by atoms with Gasteiger partial charge in [-0.25, -0.2) is 14.0 Å². The minimum atomic E-state index is -0.720. The third-order valence-corrected chi connectivity index (χ3v) is 3.45. The van der Waals surface area contributed by atoms with Gasteiger partial charge in [0, 0.05) is 0 Å². The van der Waals surface area contributed by atoms with E-state index in [1.165, 1.54) is 16.7 Å². The van der Waals surface area contributed by atoms with Crippen LogP contribution < -0.4 is 11.4 Å². The first-order valence-electron chi connectivity index (χ1n) is 6.44. The molecule has 2 aromatic carbocycles. The highest BCUT2D eigenvalue weighted by atomic mass is 19.1. The van der Waals surface area contributed by atoms with E-state index in [-0.39, 0.29) is 12.4 Å². The number of halogens is 1. The largest absolute Gasteiger partial charge is 0.422 e. The highest BCUT2D eigenvalue weighted by Crippen LogP contribution is 2.14. The molecule has 0 amide bonds. The highest BCUT2D eigenvalue weighted by molar-refractivity contribution is 5.77. The summed E-state index contributed by atoms with van der Waals surface area (Å²) in [6, 6.07) is 11.1.